The summed E-state index contributed by atoms with van der Waals surface area (Å²) in [5.41, 5.74) is 6.89. The van der Waals surface area contributed by atoms with Gasteiger partial charge in [0.05, 0.1) is 0 Å². The fourth-order valence-electron chi connectivity index (χ4n) is 2.39. The Morgan fingerprint density at radius 2 is 1.89 bits per heavy atom. The Morgan fingerprint density at radius 3 is 2.53 bits per heavy atom. The average molecular weight is 282 g/mol. The summed E-state index contributed by atoms with van der Waals surface area (Å²) in [6.45, 7) is 0. The van der Waals surface area contributed by atoms with Gasteiger partial charge in [0.2, 0.25) is 0 Å². The maximum atomic E-state index is 11.9. The van der Waals surface area contributed by atoms with Crippen LogP contribution in [0.1, 0.15) is 37.7 Å². The van der Waals surface area contributed by atoms with Crippen LogP contribution in [0.2, 0.25) is 5.02 Å². The van der Waals surface area contributed by atoms with Crippen molar-refractivity contribution in [2.24, 2.45) is 5.73 Å². The van der Waals surface area contributed by atoms with Gasteiger partial charge in [-0.05, 0) is 49.8 Å². The molecule has 0 radical (unpaired) electrons. The molecule has 4 heteroatoms. The third kappa shape index (κ3) is 4.51. The van der Waals surface area contributed by atoms with Crippen LogP contribution < -0.4 is 5.73 Å². The Kier molecular flexibility index (Phi) is 5.23. The molecule has 1 aromatic rings. The van der Waals surface area contributed by atoms with Crippen molar-refractivity contribution in [2.45, 2.75) is 50.7 Å². The second-order valence-corrected chi connectivity index (χ2v) is 5.57. The molecule has 1 atom stereocenters. The van der Waals surface area contributed by atoms with Crippen molar-refractivity contribution < 1.29 is 9.53 Å². The predicted octanol–water partition coefficient (Wildman–Crippen LogP) is 3.09. The van der Waals surface area contributed by atoms with E-state index in [1.54, 1.807) is 12.1 Å². The van der Waals surface area contributed by atoms with E-state index < -0.39 is 6.04 Å². The van der Waals surface area contributed by atoms with E-state index in [0.717, 1.165) is 31.2 Å². The quantitative estimate of drug-likeness (QED) is 0.863. The molecule has 0 heterocycles. The van der Waals surface area contributed by atoms with E-state index >= 15 is 0 Å². The highest BCUT2D eigenvalue weighted by Gasteiger charge is 2.22. The third-order valence-corrected chi connectivity index (χ3v) is 3.76. The van der Waals surface area contributed by atoms with E-state index in [1.807, 2.05) is 12.1 Å². The Hall–Kier alpha value is -1.06. The maximum absolute atomic E-state index is 11.9. The summed E-state index contributed by atoms with van der Waals surface area (Å²) in [6, 6.07) is 6.78. The topological polar surface area (TPSA) is 52.3 Å². The monoisotopic (exact) mass is 281 g/mol. The molecule has 104 valence electrons. The Labute approximate surface area is 119 Å². The Morgan fingerprint density at radius 1 is 1.26 bits per heavy atom. The van der Waals surface area contributed by atoms with Crippen LogP contribution in [-0.2, 0) is 16.0 Å². The van der Waals surface area contributed by atoms with E-state index in [2.05, 4.69) is 0 Å². The lowest BCUT2D eigenvalue weighted by Crippen LogP contribution is -2.37. The largest absolute Gasteiger partial charge is 0.461 e. The first-order chi connectivity index (χ1) is 9.15. The van der Waals surface area contributed by atoms with Gasteiger partial charge in [-0.15, -0.1) is 0 Å². The van der Waals surface area contributed by atoms with Gasteiger partial charge in [0.1, 0.15) is 12.1 Å². The van der Waals surface area contributed by atoms with Crippen LogP contribution in [0.4, 0.5) is 0 Å². The summed E-state index contributed by atoms with van der Waals surface area (Å²) in [7, 11) is 0. The first-order valence-electron chi connectivity index (χ1n) is 6.85. The highest BCUT2D eigenvalue weighted by atomic mass is 35.5. The van der Waals surface area contributed by atoms with E-state index in [-0.39, 0.29) is 12.1 Å². The molecule has 0 spiro atoms. The first kappa shape index (κ1) is 14.4. The summed E-state index contributed by atoms with van der Waals surface area (Å²) in [5.74, 6) is -0.290. The normalized spacial score (nSPS) is 18.0. The van der Waals surface area contributed by atoms with Gasteiger partial charge in [-0.25, -0.2) is 0 Å². The summed E-state index contributed by atoms with van der Waals surface area (Å²) < 4.78 is 5.46. The third-order valence-electron chi connectivity index (χ3n) is 3.51. The summed E-state index contributed by atoms with van der Waals surface area (Å²) in [4.78, 5) is 11.9. The van der Waals surface area contributed by atoms with Crippen molar-refractivity contribution in [2.75, 3.05) is 0 Å². The van der Waals surface area contributed by atoms with Crippen LogP contribution in [0, 0.1) is 0 Å². The molecule has 0 aromatic heterocycles. The van der Waals surface area contributed by atoms with Crippen LogP contribution in [0.3, 0.4) is 0 Å². The van der Waals surface area contributed by atoms with Gasteiger partial charge in [-0.1, -0.05) is 30.2 Å². The number of hydrogen-bond acceptors (Lipinski definition) is 3. The van der Waals surface area contributed by atoms with Crippen molar-refractivity contribution in [3.8, 4) is 0 Å². The summed E-state index contributed by atoms with van der Waals surface area (Å²) in [5, 5.41) is 0.683. The number of hydrogen-bond donors (Lipinski definition) is 1. The lowest BCUT2D eigenvalue weighted by Gasteiger charge is -2.23. The van der Waals surface area contributed by atoms with E-state index in [0.29, 0.717) is 11.4 Å². The van der Waals surface area contributed by atoms with Gasteiger partial charge >= 0.3 is 5.97 Å². The van der Waals surface area contributed by atoms with Crippen molar-refractivity contribution in [1.29, 1.82) is 0 Å². The smallest absolute Gasteiger partial charge is 0.323 e. The molecule has 1 aliphatic carbocycles. The molecular formula is C15H20ClNO2. The van der Waals surface area contributed by atoms with Crippen molar-refractivity contribution in [3.05, 3.63) is 34.9 Å². The van der Waals surface area contributed by atoms with Crippen LogP contribution in [0.15, 0.2) is 24.3 Å². The minimum Gasteiger partial charge on any atom is -0.461 e. The van der Waals surface area contributed by atoms with E-state index in [1.165, 1.54) is 6.42 Å². The minimum atomic E-state index is -0.594. The fraction of sp³-hybridized carbons (Fsp3) is 0.533. The molecule has 1 saturated carbocycles. The average Bonchev–Trinajstić information content (AvgIpc) is 2.42. The molecule has 2 rings (SSSR count). The van der Waals surface area contributed by atoms with Gasteiger partial charge in [0, 0.05) is 5.02 Å². The zero-order valence-electron chi connectivity index (χ0n) is 11.0. The number of rotatable bonds is 4. The number of ether oxygens (including phenoxy) is 1. The molecule has 0 amide bonds. The van der Waals surface area contributed by atoms with Crippen molar-refractivity contribution >= 4 is 17.6 Å². The van der Waals surface area contributed by atoms with Gasteiger partial charge < -0.3 is 10.5 Å². The first-order valence-corrected chi connectivity index (χ1v) is 7.23. The molecule has 1 aromatic carbocycles. The molecule has 1 aliphatic rings. The molecule has 2 N–H and O–H groups in total. The summed E-state index contributed by atoms with van der Waals surface area (Å²) >= 11 is 5.82. The van der Waals surface area contributed by atoms with Crippen molar-refractivity contribution in [1.82, 2.24) is 0 Å². The number of halogens is 1. The van der Waals surface area contributed by atoms with E-state index in [4.69, 9.17) is 22.1 Å². The van der Waals surface area contributed by atoms with Crippen LogP contribution in [0.25, 0.3) is 0 Å². The van der Waals surface area contributed by atoms with Crippen LogP contribution >= 0.6 is 11.6 Å². The molecule has 0 unspecified atom stereocenters. The van der Waals surface area contributed by atoms with Crippen LogP contribution in [0.5, 0.6) is 0 Å². The lowest BCUT2D eigenvalue weighted by molar-refractivity contribution is -0.152. The van der Waals surface area contributed by atoms with Gasteiger partial charge in [0.25, 0.3) is 0 Å². The minimum absolute atomic E-state index is 0.0671. The molecule has 3 nitrogen and oxygen atoms in total. The predicted molar refractivity (Wildman–Crippen MR) is 76.1 cm³/mol. The summed E-state index contributed by atoms with van der Waals surface area (Å²) in [6.07, 6.45) is 6.03. The lowest BCUT2D eigenvalue weighted by atomic mass is 9.97. The number of carbonyl (C=O) groups is 1. The molecule has 0 bridgehead atoms. The maximum Gasteiger partial charge on any atom is 0.323 e. The van der Waals surface area contributed by atoms with Crippen molar-refractivity contribution in [3.63, 3.8) is 0 Å². The van der Waals surface area contributed by atoms with E-state index in [9.17, 15) is 4.79 Å². The van der Waals surface area contributed by atoms with Gasteiger partial charge in [-0.2, -0.15) is 0 Å². The van der Waals surface area contributed by atoms with Gasteiger partial charge in [-0.3, -0.25) is 4.79 Å². The zero-order chi connectivity index (χ0) is 13.7. The fourth-order valence-corrected chi connectivity index (χ4v) is 2.52. The second kappa shape index (κ2) is 6.92. The number of benzene rings is 1. The standard InChI is InChI=1S/C15H20ClNO2/c16-12-8-6-11(7-9-12)10-14(17)15(18)19-13-4-2-1-3-5-13/h6-9,13-14H,1-5,10,17H2/t14-/m0/s1. The van der Waals surface area contributed by atoms with Crippen LogP contribution in [-0.4, -0.2) is 18.1 Å². The molecule has 0 aliphatic heterocycles. The number of nitrogens with two attached hydrogens (primary N) is 1. The van der Waals surface area contributed by atoms with Gasteiger partial charge in [0.15, 0.2) is 0 Å². The number of esters is 1. The molecule has 1 fully saturated rings. The second-order valence-electron chi connectivity index (χ2n) is 5.13. The molecular weight excluding hydrogens is 262 g/mol. The Bertz CT molecular complexity index is 413. The highest BCUT2D eigenvalue weighted by Crippen LogP contribution is 2.21. The Balaban J connectivity index is 1.83. The number of carbonyl (C=O) groups excluding carboxylic acids is 1. The molecule has 19 heavy (non-hydrogen) atoms. The SMILES string of the molecule is N[C@@H](Cc1ccc(Cl)cc1)C(=O)OC1CCCCC1. The molecule has 0 saturated heterocycles. The highest BCUT2D eigenvalue weighted by molar-refractivity contribution is 6.30. The zero-order valence-corrected chi connectivity index (χ0v) is 11.7.